The van der Waals surface area contributed by atoms with Crippen LogP contribution in [0.15, 0.2) is 46.4 Å². The summed E-state index contributed by atoms with van der Waals surface area (Å²) in [6.45, 7) is 0. The number of thioether (sulfide) groups is 1. The van der Waals surface area contributed by atoms with Gasteiger partial charge in [-0.1, -0.05) is 42.2 Å². The molecule has 0 saturated carbocycles. The van der Waals surface area contributed by atoms with Gasteiger partial charge in [0.25, 0.3) is 5.88 Å². The third-order valence-electron chi connectivity index (χ3n) is 3.36. The van der Waals surface area contributed by atoms with E-state index < -0.39 is 14.8 Å². The highest BCUT2D eigenvalue weighted by Gasteiger charge is 2.16. The molecule has 0 radical (unpaired) electrons. The Bertz CT molecular complexity index is 1180. The van der Waals surface area contributed by atoms with Gasteiger partial charge in [-0.25, -0.2) is 15.0 Å². The molecule has 0 spiro atoms. The van der Waals surface area contributed by atoms with Crippen LogP contribution in [0.1, 0.15) is 7.43 Å². The van der Waals surface area contributed by atoms with Crippen molar-refractivity contribution >= 4 is 79.6 Å². The molecule has 13 nitrogen and oxygen atoms in total. The van der Waals surface area contributed by atoms with Crippen molar-refractivity contribution in [1.29, 1.82) is 0 Å². The molecule has 194 valence electrons. The van der Waals surface area contributed by atoms with Crippen LogP contribution in [0.4, 0.5) is 17.1 Å². The molecule has 0 aliphatic heterocycles. The molecule has 36 heavy (non-hydrogen) atoms. The van der Waals surface area contributed by atoms with E-state index in [9.17, 15) is 30.3 Å². The zero-order chi connectivity index (χ0) is 26.7. The molecule has 0 aromatic carbocycles. The Kier molecular flexibility index (Phi) is 14.7. The second kappa shape index (κ2) is 16.0. The van der Waals surface area contributed by atoms with Crippen LogP contribution in [0.25, 0.3) is 0 Å². The summed E-state index contributed by atoms with van der Waals surface area (Å²) in [5, 5.41) is 32.2. The third-order valence-corrected chi connectivity index (χ3v) is 5.29. The molecule has 18 heteroatoms. The maximum atomic E-state index is 10.4. The average Bonchev–Trinajstić information content (AvgIpc) is 2.81. The fourth-order valence-electron chi connectivity index (χ4n) is 1.95. The van der Waals surface area contributed by atoms with Crippen molar-refractivity contribution in [3.8, 4) is 5.88 Å². The molecule has 0 fully saturated rings. The molecule has 3 heterocycles. The zero-order valence-corrected chi connectivity index (χ0v) is 22.1. The highest BCUT2D eigenvalue weighted by molar-refractivity contribution is 9.10. The van der Waals surface area contributed by atoms with Crippen LogP contribution in [0, 0.1) is 30.3 Å². The van der Waals surface area contributed by atoms with Crippen molar-refractivity contribution in [1.82, 2.24) is 15.0 Å². The number of aromatic nitrogens is 3. The van der Waals surface area contributed by atoms with Crippen molar-refractivity contribution in [2.45, 2.75) is 12.5 Å². The summed E-state index contributed by atoms with van der Waals surface area (Å²) in [5.74, 6) is -0.0376. The van der Waals surface area contributed by atoms with Crippen LogP contribution in [-0.2, 0) is 0 Å². The van der Waals surface area contributed by atoms with Crippen molar-refractivity contribution in [3.05, 3.63) is 86.8 Å². The van der Waals surface area contributed by atoms with Gasteiger partial charge in [0.2, 0.25) is 0 Å². The van der Waals surface area contributed by atoms with Crippen LogP contribution < -0.4 is 4.74 Å². The normalized spacial score (nSPS) is 9.39. The average molecular weight is 647 g/mol. The summed E-state index contributed by atoms with van der Waals surface area (Å²) < 4.78 is 4.84. The maximum Gasteiger partial charge on any atom is 0.332 e. The minimum absolute atomic E-state index is 0. The SMILES string of the molecule is C.COc1ncc(Cl)cc1[N+](=O)[O-].CSc1ncc(Cl)cc1[N+](=O)[O-].O=[N+]([O-])c1cc(Cl)cnc1Br. The summed E-state index contributed by atoms with van der Waals surface area (Å²) in [5.41, 5.74) is -0.405. The Labute approximate surface area is 231 Å². The lowest BCUT2D eigenvalue weighted by atomic mass is 10.4. The second-order valence-corrected chi connectivity index (χ2v) is 8.45. The van der Waals surface area contributed by atoms with E-state index >= 15 is 0 Å². The molecule has 3 aromatic rings. The lowest BCUT2D eigenvalue weighted by molar-refractivity contribution is -0.388. The highest BCUT2D eigenvalue weighted by Crippen LogP contribution is 2.28. The summed E-state index contributed by atoms with van der Waals surface area (Å²) >= 11 is 20.7. The summed E-state index contributed by atoms with van der Waals surface area (Å²) in [6.07, 6.45) is 5.73. The lowest BCUT2D eigenvalue weighted by Gasteiger charge is -1.98. The Hall–Kier alpha value is -2.85. The number of ether oxygens (including phenoxy) is 1. The molecule has 3 rings (SSSR count). The van der Waals surface area contributed by atoms with E-state index in [1.165, 1.54) is 55.7 Å². The molecule has 0 aliphatic rings. The summed E-state index contributed by atoms with van der Waals surface area (Å²) in [6, 6.07) is 3.71. The lowest BCUT2D eigenvalue weighted by Crippen LogP contribution is -1.95. The van der Waals surface area contributed by atoms with Gasteiger partial charge in [0.05, 0.1) is 43.1 Å². The van der Waals surface area contributed by atoms with Gasteiger partial charge in [-0.2, -0.15) is 0 Å². The highest BCUT2D eigenvalue weighted by atomic mass is 79.9. The van der Waals surface area contributed by atoms with Crippen LogP contribution in [-0.4, -0.2) is 43.1 Å². The van der Waals surface area contributed by atoms with Gasteiger partial charge < -0.3 is 4.74 Å². The van der Waals surface area contributed by atoms with E-state index in [1.54, 1.807) is 6.26 Å². The van der Waals surface area contributed by atoms with Crippen molar-refractivity contribution in [2.75, 3.05) is 13.4 Å². The Morgan fingerprint density at radius 1 is 0.806 bits per heavy atom. The minimum atomic E-state index is -0.599. The topological polar surface area (TPSA) is 177 Å². The number of nitrogens with zero attached hydrogens (tertiary/aromatic N) is 6. The number of methoxy groups -OCH3 is 1. The smallest absolute Gasteiger partial charge is 0.332 e. The number of nitro groups is 3. The number of hydrogen-bond donors (Lipinski definition) is 0. The maximum absolute atomic E-state index is 10.4. The standard InChI is InChI=1S/C6H5ClN2O3.C6H5ClN2O2S.C5H2BrClN2O2.CH4/c2*1-12-6-5(9(10)11)2-4(7)3-8-6;6-5-4(9(10)11)1-3(7)2-8-5;/h2*2-3H,1H3;1-2H;1H4. The van der Waals surface area contributed by atoms with Crippen LogP contribution >= 0.6 is 62.5 Å². The van der Waals surface area contributed by atoms with E-state index in [2.05, 4.69) is 35.6 Å². The number of pyridine rings is 3. The molecule has 0 saturated heterocycles. The first kappa shape index (κ1) is 33.1. The molecule has 0 atom stereocenters. The third kappa shape index (κ3) is 10.4. The predicted molar refractivity (Wildman–Crippen MR) is 140 cm³/mol. The first-order valence-corrected chi connectivity index (χ1v) is 11.7. The van der Waals surface area contributed by atoms with E-state index in [-0.39, 0.29) is 50.0 Å². The van der Waals surface area contributed by atoms with E-state index in [1.807, 2.05) is 0 Å². The van der Waals surface area contributed by atoms with Crippen LogP contribution in [0.3, 0.4) is 0 Å². The Balaban J connectivity index is 0.000000504. The summed E-state index contributed by atoms with van der Waals surface area (Å²) in [7, 11) is 1.31. The molecular formula is C18H16BrCl3N6O7S. The van der Waals surface area contributed by atoms with Crippen molar-refractivity contribution < 1.29 is 19.5 Å². The monoisotopic (exact) mass is 644 g/mol. The first-order chi connectivity index (χ1) is 16.4. The minimum Gasteiger partial charge on any atom is -0.476 e. The van der Waals surface area contributed by atoms with E-state index in [4.69, 9.17) is 34.8 Å². The quantitative estimate of drug-likeness (QED) is 0.120. The van der Waals surface area contributed by atoms with Gasteiger partial charge in [0.15, 0.2) is 9.63 Å². The van der Waals surface area contributed by atoms with Gasteiger partial charge in [0.1, 0.15) is 0 Å². The largest absolute Gasteiger partial charge is 0.476 e. The van der Waals surface area contributed by atoms with Crippen molar-refractivity contribution in [3.63, 3.8) is 0 Å². The van der Waals surface area contributed by atoms with Crippen molar-refractivity contribution in [2.24, 2.45) is 0 Å². The molecule has 0 aliphatic carbocycles. The van der Waals surface area contributed by atoms with Gasteiger partial charge in [-0.15, -0.1) is 11.8 Å². The van der Waals surface area contributed by atoms with Gasteiger partial charge in [-0.3, -0.25) is 30.3 Å². The molecule has 0 bridgehead atoms. The van der Waals surface area contributed by atoms with E-state index in [0.717, 1.165) is 0 Å². The second-order valence-electron chi connectivity index (χ2n) is 5.60. The Morgan fingerprint density at radius 3 is 1.64 bits per heavy atom. The molecule has 3 aromatic heterocycles. The Morgan fingerprint density at radius 2 is 1.22 bits per heavy atom. The number of hydrogen-bond acceptors (Lipinski definition) is 11. The number of halogens is 4. The predicted octanol–water partition coefficient (Wildman–Crippen LogP) is 7.06. The van der Waals surface area contributed by atoms with Gasteiger partial charge in [-0.05, 0) is 22.2 Å². The fraction of sp³-hybridized carbons (Fsp3) is 0.167. The van der Waals surface area contributed by atoms with Crippen LogP contribution in [0.5, 0.6) is 5.88 Å². The first-order valence-electron chi connectivity index (χ1n) is 8.54. The van der Waals surface area contributed by atoms with Gasteiger partial charge >= 0.3 is 17.1 Å². The number of rotatable bonds is 5. The molecule has 0 N–H and O–H groups in total. The molecule has 0 unspecified atom stereocenters. The molecular weight excluding hydrogens is 631 g/mol. The molecule has 0 amide bonds. The zero-order valence-electron chi connectivity index (χ0n) is 17.4. The van der Waals surface area contributed by atoms with Gasteiger partial charge in [0, 0.05) is 30.6 Å². The van der Waals surface area contributed by atoms with Crippen LogP contribution in [0.2, 0.25) is 15.1 Å². The summed E-state index contributed by atoms with van der Waals surface area (Å²) in [4.78, 5) is 40.5. The van der Waals surface area contributed by atoms with E-state index in [0.29, 0.717) is 5.03 Å². The fourth-order valence-corrected chi connectivity index (χ4v) is 3.27.